The molecule has 2 N–H and O–H groups in total. The summed E-state index contributed by atoms with van der Waals surface area (Å²) in [4.78, 5) is 42.5. The molecule has 0 aliphatic rings. The largest absolute Gasteiger partial charge is 0.493 e. The molecule has 0 unspecified atom stereocenters. The number of carbonyl (C=O) groups is 2. The van der Waals surface area contributed by atoms with Gasteiger partial charge in [-0.2, -0.15) is 0 Å². The van der Waals surface area contributed by atoms with Crippen LogP contribution in [-0.4, -0.2) is 40.8 Å². The summed E-state index contributed by atoms with van der Waals surface area (Å²) >= 11 is 1.17. The molecule has 0 aliphatic heterocycles. The van der Waals surface area contributed by atoms with E-state index in [2.05, 4.69) is 10.6 Å². The predicted molar refractivity (Wildman–Crippen MR) is 145 cm³/mol. The van der Waals surface area contributed by atoms with Gasteiger partial charge in [-0.25, -0.2) is 4.98 Å². The quantitative estimate of drug-likeness (QED) is 0.261. The highest BCUT2D eigenvalue weighted by Crippen LogP contribution is 2.31. The lowest BCUT2D eigenvalue weighted by molar-refractivity contribution is -0.115. The zero-order valence-corrected chi connectivity index (χ0v) is 21.6. The van der Waals surface area contributed by atoms with Crippen molar-refractivity contribution < 1.29 is 19.1 Å². The van der Waals surface area contributed by atoms with Crippen LogP contribution in [0.15, 0.2) is 76.7 Å². The normalized spacial score (nSPS) is 11.6. The Morgan fingerprint density at radius 3 is 2.22 bits per heavy atom. The highest BCUT2D eigenvalue weighted by atomic mass is 32.2. The van der Waals surface area contributed by atoms with Gasteiger partial charge in [-0.05, 0) is 55.5 Å². The van der Waals surface area contributed by atoms with E-state index in [9.17, 15) is 14.4 Å². The van der Waals surface area contributed by atoms with Crippen LogP contribution in [-0.2, 0) is 9.59 Å². The topological polar surface area (TPSA) is 112 Å². The number of hydrogen-bond acceptors (Lipinski definition) is 7. The van der Waals surface area contributed by atoms with Crippen molar-refractivity contribution in [2.45, 2.75) is 24.3 Å². The highest BCUT2D eigenvalue weighted by molar-refractivity contribution is 8.00. The lowest BCUT2D eigenvalue weighted by Crippen LogP contribution is -2.26. The molecule has 2 amide bonds. The number of aromatic nitrogens is 2. The van der Waals surface area contributed by atoms with Crippen molar-refractivity contribution >= 4 is 45.9 Å². The fraction of sp³-hybridized carbons (Fsp3) is 0.185. The molecule has 0 fully saturated rings. The van der Waals surface area contributed by atoms with Crippen LogP contribution in [0.5, 0.6) is 11.5 Å². The Labute approximate surface area is 217 Å². The van der Waals surface area contributed by atoms with Crippen LogP contribution in [0.25, 0.3) is 16.6 Å². The second-order valence-electron chi connectivity index (χ2n) is 8.10. The van der Waals surface area contributed by atoms with E-state index in [-0.39, 0.29) is 17.4 Å². The summed E-state index contributed by atoms with van der Waals surface area (Å²) in [5.74, 6) is 0.549. The number of benzene rings is 3. The van der Waals surface area contributed by atoms with E-state index in [0.29, 0.717) is 44.6 Å². The molecule has 0 aliphatic carbocycles. The second-order valence-corrected chi connectivity index (χ2v) is 9.41. The van der Waals surface area contributed by atoms with E-state index in [0.717, 1.165) is 0 Å². The van der Waals surface area contributed by atoms with E-state index < -0.39 is 5.25 Å². The minimum Gasteiger partial charge on any atom is -0.493 e. The van der Waals surface area contributed by atoms with Gasteiger partial charge < -0.3 is 20.1 Å². The van der Waals surface area contributed by atoms with E-state index in [4.69, 9.17) is 14.5 Å². The van der Waals surface area contributed by atoms with Gasteiger partial charge in [0.1, 0.15) is 0 Å². The SMILES string of the molecule is COc1ccc(-n2c(S[C@H](C)C(=O)Nc3ccc(NC(C)=O)cc3)nc3ccccc3c2=O)cc1OC. The van der Waals surface area contributed by atoms with Gasteiger partial charge in [0.25, 0.3) is 5.56 Å². The van der Waals surface area contributed by atoms with Gasteiger partial charge in [0.05, 0.1) is 36.1 Å². The molecular formula is C27H26N4O5S. The molecule has 1 heterocycles. The number of fused-ring (bicyclic) bond motifs is 1. The van der Waals surface area contributed by atoms with Gasteiger partial charge >= 0.3 is 0 Å². The van der Waals surface area contributed by atoms with Gasteiger partial charge in [-0.15, -0.1) is 0 Å². The molecule has 0 spiro atoms. The summed E-state index contributed by atoms with van der Waals surface area (Å²) in [5, 5.41) is 5.78. The van der Waals surface area contributed by atoms with Crippen molar-refractivity contribution in [1.29, 1.82) is 0 Å². The Kier molecular flexibility index (Phi) is 7.78. The maximum Gasteiger partial charge on any atom is 0.266 e. The first-order valence-corrected chi connectivity index (χ1v) is 12.3. The number of nitrogens with one attached hydrogen (secondary N) is 2. The zero-order chi connectivity index (χ0) is 26.5. The summed E-state index contributed by atoms with van der Waals surface area (Å²) in [5.41, 5.74) is 2.02. The number of methoxy groups -OCH3 is 2. The van der Waals surface area contributed by atoms with E-state index in [1.54, 1.807) is 67.6 Å². The Balaban J connectivity index is 1.67. The van der Waals surface area contributed by atoms with E-state index in [1.165, 1.54) is 37.5 Å². The Bertz CT molecular complexity index is 1520. The van der Waals surface area contributed by atoms with Crippen LogP contribution < -0.4 is 25.7 Å². The fourth-order valence-corrected chi connectivity index (χ4v) is 4.61. The molecule has 10 heteroatoms. The third-order valence-electron chi connectivity index (χ3n) is 5.49. The smallest absolute Gasteiger partial charge is 0.266 e. The lowest BCUT2D eigenvalue weighted by atomic mass is 10.2. The van der Waals surface area contributed by atoms with Crippen molar-refractivity contribution in [1.82, 2.24) is 9.55 Å². The maximum absolute atomic E-state index is 13.6. The second kappa shape index (κ2) is 11.2. The molecule has 9 nitrogen and oxygen atoms in total. The molecule has 0 saturated heterocycles. The summed E-state index contributed by atoms with van der Waals surface area (Å²) in [6, 6.07) is 19.0. The van der Waals surface area contributed by atoms with E-state index in [1.807, 2.05) is 6.07 Å². The highest BCUT2D eigenvalue weighted by Gasteiger charge is 2.21. The average molecular weight is 519 g/mol. The van der Waals surface area contributed by atoms with Crippen molar-refractivity contribution in [3.05, 3.63) is 77.1 Å². The number of hydrogen-bond donors (Lipinski definition) is 2. The van der Waals surface area contributed by atoms with Crippen LogP contribution in [0.1, 0.15) is 13.8 Å². The van der Waals surface area contributed by atoms with Gasteiger partial charge in [-0.3, -0.25) is 19.0 Å². The van der Waals surface area contributed by atoms with Gasteiger partial charge in [0.15, 0.2) is 16.7 Å². The van der Waals surface area contributed by atoms with Crippen LogP contribution in [0, 0.1) is 0 Å². The fourth-order valence-electron chi connectivity index (χ4n) is 3.68. The van der Waals surface area contributed by atoms with Crippen LogP contribution in [0.3, 0.4) is 0 Å². The third-order valence-corrected chi connectivity index (χ3v) is 6.55. The van der Waals surface area contributed by atoms with E-state index >= 15 is 0 Å². The minimum absolute atomic E-state index is 0.176. The summed E-state index contributed by atoms with van der Waals surface area (Å²) in [7, 11) is 3.06. The van der Waals surface area contributed by atoms with Crippen molar-refractivity contribution in [3.63, 3.8) is 0 Å². The molecular weight excluding hydrogens is 492 g/mol. The molecule has 0 bridgehead atoms. The Hall–Kier alpha value is -4.31. The minimum atomic E-state index is -0.588. The zero-order valence-electron chi connectivity index (χ0n) is 20.8. The molecule has 4 aromatic rings. The molecule has 3 aromatic carbocycles. The number of nitrogens with zero attached hydrogens (tertiary/aromatic N) is 2. The monoisotopic (exact) mass is 518 g/mol. The Morgan fingerprint density at radius 2 is 1.57 bits per heavy atom. The van der Waals surface area contributed by atoms with Crippen molar-refractivity contribution in [2.24, 2.45) is 0 Å². The predicted octanol–water partition coefficient (Wildman–Crippen LogP) is 4.48. The first-order chi connectivity index (χ1) is 17.8. The van der Waals surface area contributed by atoms with Gasteiger partial charge in [0, 0.05) is 24.4 Å². The molecule has 0 radical (unpaired) electrons. The number of amides is 2. The van der Waals surface area contributed by atoms with Gasteiger partial charge in [-0.1, -0.05) is 23.9 Å². The number of anilines is 2. The van der Waals surface area contributed by atoms with Crippen molar-refractivity contribution in [2.75, 3.05) is 24.9 Å². The summed E-state index contributed by atoms with van der Waals surface area (Å²) in [6.45, 7) is 3.17. The molecule has 37 heavy (non-hydrogen) atoms. The molecule has 1 aromatic heterocycles. The Morgan fingerprint density at radius 1 is 0.919 bits per heavy atom. The first kappa shape index (κ1) is 25.8. The van der Waals surface area contributed by atoms with Crippen LogP contribution in [0.4, 0.5) is 11.4 Å². The van der Waals surface area contributed by atoms with Crippen LogP contribution in [0.2, 0.25) is 0 Å². The van der Waals surface area contributed by atoms with Gasteiger partial charge in [0.2, 0.25) is 11.8 Å². The van der Waals surface area contributed by atoms with Crippen molar-refractivity contribution in [3.8, 4) is 17.2 Å². The third kappa shape index (κ3) is 5.75. The first-order valence-electron chi connectivity index (χ1n) is 11.4. The molecule has 1 atom stereocenters. The number of ether oxygens (including phenoxy) is 2. The van der Waals surface area contributed by atoms with Crippen LogP contribution >= 0.6 is 11.8 Å². The average Bonchev–Trinajstić information content (AvgIpc) is 2.89. The number of thioether (sulfide) groups is 1. The molecule has 190 valence electrons. The summed E-state index contributed by atoms with van der Waals surface area (Å²) in [6.07, 6.45) is 0. The lowest BCUT2D eigenvalue weighted by Gasteiger charge is -2.17. The standard InChI is InChI=1S/C27H26N4O5S/c1-16(25(33)29-19-11-9-18(10-12-19)28-17(2)32)37-27-30-22-8-6-5-7-21(22)26(34)31(27)20-13-14-23(35-3)24(15-20)36-4/h5-16H,1-4H3,(H,28,32)(H,29,33)/t16-/m1/s1. The number of rotatable bonds is 8. The molecule has 4 rings (SSSR count). The maximum atomic E-state index is 13.6. The molecule has 0 saturated carbocycles. The number of para-hydroxylation sites is 1. The summed E-state index contributed by atoms with van der Waals surface area (Å²) < 4.78 is 12.2. The number of carbonyl (C=O) groups excluding carboxylic acids is 2.